The summed E-state index contributed by atoms with van der Waals surface area (Å²) in [5, 5.41) is 10.9. The van der Waals surface area contributed by atoms with Gasteiger partial charge in [-0.1, -0.05) is 28.1 Å². The van der Waals surface area contributed by atoms with Crippen molar-refractivity contribution in [3.05, 3.63) is 75.8 Å². The number of nitrogens with zero attached hydrogens (tertiary/aromatic N) is 2. The molecule has 0 aliphatic heterocycles. The van der Waals surface area contributed by atoms with Crippen molar-refractivity contribution < 1.29 is 13.3 Å². The molecule has 6 nitrogen and oxygen atoms in total. The minimum atomic E-state index is -3.94. The lowest BCUT2D eigenvalue weighted by atomic mass is 10.3. The summed E-state index contributed by atoms with van der Waals surface area (Å²) in [6.45, 7) is 3.62. The molecule has 0 spiro atoms. The minimum absolute atomic E-state index is 0.0483. The molecule has 0 amide bonds. The fourth-order valence-corrected chi connectivity index (χ4v) is 3.69. The molecule has 0 bridgehead atoms. The van der Waals surface area contributed by atoms with Crippen LogP contribution in [0.25, 0.3) is 0 Å². The zero-order valence-electron chi connectivity index (χ0n) is 11.9. The van der Waals surface area contributed by atoms with E-state index in [9.17, 15) is 18.5 Å². The van der Waals surface area contributed by atoms with E-state index in [0.717, 1.165) is 14.8 Å². The maximum absolute atomic E-state index is 12.8. The number of hydrogen-bond donors (Lipinski definition) is 0. The molecule has 2 rings (SSSR count). The Morgan fingerprint density at radius 1 is 1.22 bits per heavy atom. The molecule has 0 unspecified atom stereocenters. The van der Waals surface area contributed by atoms with Crippen LogP contribution in [0, 0.1) is 10.1 Å². The summed E-state index contributed by atoms with van der Waals surface area (Å²) in [6.07, 6.45) is 1.46. The van der Waals surface area contributed by atoms with E-state index >= 15 is 0 Å². The van der Waals surface area contributed by atoms with Gasteiger partial charge in [0.2, 0.25) is 0 Å². The highest BCUT2D eigenvalue weighted by Gasteiger charge is 2.25. The molecule has 120 valence electrons. The summed E-state index contributed by atoms with van der Waals surface area (Å²) in [5.41, 5.74) is 0.167. The average molecular weight is 397 g/mol. The molecular weight excluding hydrogens is 384 g/mol. The smallest absolute Gasteiger partial charge is 0.263 e. The van der Waals surface area contributed by atoms with Crippen molar-refractivity contribution in [2.24, 2.45) is 0 Å². The lowest BCUT2D eigenvalue weighted by molar-refractivity contribution is -0.385. The molecule has 0 aromatic heterocycles. The Kier molecular flexibility index (Phi) is 5.17. The summed E-state index contributed by atoms with van der Waals surface area (Å²) in [4.78, 5) is 10.1. The predicted molar refractivity (Wildman–Crippen MR) is 92.0 cm³/mol. The molecule has 0 atom stereocenters. The molecule has 8 heteroatoms. The van der Waals surface area contributed by atoms with Gasteiger partial charge in [-0.2, -0.15) is 0 Å². The van der Waals surface area contributed by atoms with Gasteiger partial charge in [0.1, 0.15) is 0 Å². The lowest BCUT2D eigenvalue weighted by Gasteiger charge is -2.23. The Hall–Kier alpha value is -2.19. The lowest BCUT2D eigenvalue weighted by Crippen LogP contribution is -2.31. The summed E-state index contributed by atoms with van der Waals surface area (Å²) >= 11 is 3.29. The van der Waals surface area contributed by atoms with Crippen LogP contribution in [0.2, 0.25) is 0 Å². The van der Waals surface area contributed by atoms with Crippen LogP contribution in [0.15, 0.2) is 70.6 Å². The molecule has 0 radical (unpaired) electrons. The van der Waals surface area contributed by atoms with Crippen LogP contribution < -0.4 is 4.31 Å². The van der Waals surface area contributed by atoms with Crippen molar-refractivity contribution in [3.63, 3.8) is 0 Å². The van der Waals surface area contributed by atoms with Crippen LogP contribution in [0.1, 0.15) is 0 Å². The largest absolute Gasteiger partial charge is 0.270 e. The van der Waals surface area contributed by atoms with Gasteiger partial charge >= 0.3 is 0 Å². The fourth-order valence-electron chi connectivity index (χ4n) is 1.95. The third-order valence-electron chi connectivity index (χ3n) is 3.03. The molecule has 0 aliphatic rings. The third-order valence-corrected chi connectivity index (χ3v) is 5.34. The fraction of sp³-hybridized carbons (Fsp3) is 0.0667. The Morgan fingerprint density at radius 2 is 1.87 bits per heavy atom. The van der Waals surface area contributed by atoms with Gasteiger partial charge in [-0.25, -0.2) is 8.42 Å². The molecular formula is C15H13BrN2O4S. The van der Waals surface area contributed by atoms with Gasteiger partial charge in [-0.3, -0.25) is 14.4 Å². The summed E-state index contributed by atoms with van der Waals surface area (Å²) < 4.78 is 27.6. The van der Waals surface area contributed by atoms with Crippen molar-refractivity contribution in [2.75, 3.05) is 10.8 Å². The van der Waals surface area contributed by atoms with Crippen LogP contribution in [0.5, 0.6) is 0 Å². The molecule has 23 heavy (non-hydrogen) atoms. The summed E-state index contributed by atoms with van der Waals surface area (Å²) in [6, 6.07) is 11.7. The van der Waals surface area contributed by atoms with Crippen molar-refractivity contribution >= 4 is 37.3 Å². The first-order valence-corrected chi connectivity index (χ1v) is 8.73. The van der Waals surface area contributed by atoms with Gasteiger partial charge in [0.25, 0.3) is 15.7 Å². The second-order valence-electron chi connectivity index (χ2n) is 4.56. The first kappa shape index (κ1) is 17.2. The molecule has 0 fully saturated rings. The van der Waals surface area contributed by atoms with Crippen molar-refractivity contribution in [2.45, 2.75) is 4.90 Å². The van der Waals surface area contributed by atoms with E-state index in [1.807, 2.05) is 0 Å². The number of anilines is 1. The van der Waals surface area contributed by atoms with Crippen LogP contribution in [0.4, 0.5) is 11.4 Å². The van der Waals surface area contributed by atoms with Crippen LogP contribution in [-0.4, -0.2) is 19.9 Å². The van der Waals surface area contributed by atoms with E-state index in [-0.39, 0.29) is 17.1 Å². The predicted octanol–water partition coefficient (Wildman–Crippen LogP) is 3.74. The van der Waals surface area contributed by atoms with Gasteiger partial charge in [-0.15, -0.1) is 6.58 Å². The van der Waals surface area contributed by atoms with Crippen LogP contribution >= 0.6 is 15.9 Å². The molecule has 0 aliphatic carbocycles. The highest BCUT2D eigenvalue weighted by Crippen LogP contribution is 2.27. The van der Waals surface area contributed by atoms with Gasteiger partial charge in [0.05, 0.1) is 22.1 Å². The van der Waals surface area contributed by atoms with E-state index in [0.29, 0.717) is 5.69 Å². The van der Waals surface area contributed by atoms with Gasteiger partial charge in [0, 0.05) is 16.6 Å². The van der Waals surface area contributed by atoms with Gasteiger partial charge < -0.3 is 0 Å². The Labute approximate surface area is 142 Å². The Balaban J connectivity index is 2.52. The quantitative estimate of drug-likeness (QED) is 0.423. The zero-order chi connectivity index (χ0) is 17.0. The molecule has 2 aromatic rings. The number of benzene rings is 2. The van der Waals surface area contributed by atoms with Gasteiger partial charge in [-0.05, 0) is 30.3 Å². The zero-order valence-corrected chi connectivity index (χ0v) is 14.3. The number of nitro groups is 1. The normalized spacial score (nSPS) is 11.0. The molecule has 0 heterocycles. The molecule has 2 aromatic carbocycles. The first-order valence-electron chi connectivity index (χ1n) is 6.50. The molecule has 0 saturated carbocycles. The molecule has 0 N–H and O–H groups in total. The maximum Gasteiger partial charge on any atom is 0.270 e. The standard InChI is InChI=1S/C15H13BrN2O4S/c1-2-10-17(13-8-6-12(16)7-9-13)23(21,22)15-5-3-4-14(11-15)18(19)20/h2-9,11H,1,10H2. The minimum Gasteiger partial charge on any atom is -0.263 e. The number of nitro benzene ring substituents is 1. The topological polar surface area (TPSA) is 80.5 Å². The summed E-state index contributed by atoms with van der Waals surface area (Å²) in [5.74, 6) is 0. The van der Waals surface area contributed by atoms with Crippen molar-refractivity contribution in [1.82, 2.24) is 0 Å². The van der Waals surface area contributed by atoms with Crippen molar-refractivity contribution in [1.29, 1.82) is 0 Å². The maximum atomic E-state index is 12.8. The van der Waals surface area contributed by atoms with Crippen molar-refractivity contribution in [3.8, 4) is 0 Å². The SMILES string of the molecule is C=CCN(c1ccc(Br)cc1)S(=O)(=O)c1cccc([N+](=O)[O-])c1. The summed E-state index contributed by atoms with van der Waals surface area (Å²) in [7, 11) is -3.94. The number of rotatable bonds is 6. The number of non-ortho nitro benzene ring substituents is 1. The van der Waals surface area contributed by atoms with E-state index in [2.05, 4.69) is 22.5 Å². The number of halogens is 1. The number of hydrogen-bond acceptors (Lipinski definition) is 4. The van der Waals surface area contributed by atoms with Gasteiger partial charge in [0.15, 0.2) is 0 Å². The second kappa shape index (κ2) is 6.93. The monoisotopic (exact) mass is 396 g/mol. The van der Waals surface area contributed by atoms with E-state index in [1.165, 1.54) is 24.3 Å². The average Bonchev–Trinajstić information content (AvgIpc) is 2.53. The van der Waals surface area contributed by atoms with Crippen LogP contribution in [-0.2, 0) is 10.0 Å². The van der Waals surface area contributed by atoms with E-state index in [1.54, 1.807) is 24.3 Å². The Morgan fingerprint density at radius 3 is 2.43 bits per heavy atom. The molecule has 0 saturated heterocycles. The van der Waals surface area contributed by atoms with Crippen LogP contribution in [0.3, 0.4) is 0 Å². The van der Waals surface area contributed by atoms with E-state index < -0.39 is 14.9 Å². The Bertz CT molecular complexity index is 835. The van der Waals surface area contributed by atoms with E-state index in [4.69, 9.17) is 0 Å². The first-order chi connectivity index (χ1) is 10.9. The number of sulfonamides is 1. The second-order valence-corrected chi connectivity index (χ2v) is 7.33. The highest BCUT2D eigenvalue weighted by molar-refractivity contribution is 9.10. The highest BCUT2D eigenvalue weighted by atomic mass is 79.9. The third kappa shape index (κ3) is 3.77.